The van der Waals surface area contributed by atoms with Crippen molar-refractivity contribution in [3.05, 3.63) is 11.8 Å². The van der Waals surface area contributed by atoms with Crippen LogP contribution < -0.4 is 16.2 Å². The Morgan fingerprint density at radius 3 is 2.85 bits per heavy atom. The number of nitrogens with zero attached hydrogens (tertiary/aromatic N) is 3. The van der Waals surface area contributed by atoms with E-state index in [4.69, 9.17) is 0 Å². The molecule has 0 spiro atoms. The number of aromatic nitrogens is 2. The van der Waals surface area contributed by atoms with Crippen LogP contribution >= 0.6 is 0 Å². The Bertz CT molecular complexity index is 608. The van der Waals surface area contributed by atoms with E-state index in [0.717, 1.165) is 43.6 Å². The van der Waals surface area contributed by atoms with Crippen LogP contribution in [0, 0.1) is 12.8 Å². The van der Waals surface area contributed by atoms with Gasteiger partial charge in [0.05, 0.1) is 12.5 Å². The van der Waals surface area contributed by atoms with Crippen molar-refractivity contribution in [2.75, 3.05) is 17.3 Å². The van der Waals surface area contributed by atoms with Crippen molar-refractivity contribution < 1.29 is 14.8 Å². The molecule has 9 heteroatoms. The Morgan fingerprint density at radius 1 is 1.42 bits per heavy atom. The summed E-state index contributed by atoms with van der Waals surface area (Å²) in [5.41, 5.74) is 6.09. The lowest BCUT2D eigenvalue weighted by Gasteiger charge is -2.19. The highest BCUT2D eigenvalue weighted by Crippen LogP contribution is 2.24. The van der Waals surface area contributed by atoms with Crippen molar-refractivity contribution in [2.45, 2.75) is 58.4 Å². The monoisotopic (exact) mass is 364 g/mol. The summed E-state index contributed by atoms with van der Waals surface area (Å²) in [4.78, 5) is 31.6. The fourth-order valence-electron chi connectivity index (χ4n) is 2.57. The lowest BCUT2D eigenvalue weighted by molar-refractivity contribution is -0.154. The molecular formula is C17H28N6O3. The van der Waals surface area contributed by atoms with Gasteiger partial charge in [0.1, 0.15) is 5.82 Å². The van der Waals surface area contributed by atoms with Crippen molar-refractivity contribution in [3.63, 3.8) is 0 Å². The van der Waals surface area contributed by atoms with Crippen molar-refractivity contribution >= 4 is 24.1 Å². The maximum Gasteiger partial charge on any atom is 0.243 e. The largest absolute Gasteiger partial charge is 0.367 e. The number of amides is 2. The number of carbonyl (C=O) groups excluding carboxylic acids is 2. The van der Waals surface area contributed by atoms with Crippen LogP contribution in [0.1, 0.15) is 51.1 Å². The number of rotatable bonds is 12. The number of hydrogen-bond donors (Lipinski definition) is 4. The van der Waals surface area contributed by atoms with Gasteiger partial charge in [0.25, 0.3) is 0 Å². The normalized spacial score (nSPS) is 14.4. The van der Waals surface area contributed by atoms with E-state index in [0.29, 0.717) is 29.9 Å². The Morgan fingerprint density at radius 2 is 2.19 bits per heavy atom. The van der Waals surface area contributed by atoms with Crippen molar-refractivity contribution in [1.82, 2.24) is 20.5 Å². The first kappa shape index (κ1) is 19.9. The van der Waals surface area contributed by atoms with Crippen LogP contribution in [-0.4, -0.2) is 45.1 Å². The molecule has 1 heterocycles. The van der Waals surface area contributed by atoms with E-state index in [9.17, 15) is 14.8 Å². The summed E-state index contributed by atoms with van der Waals surface area (Å²) in [5, 5.41) is 13.2. The molecule has 0 aliphatic heterocycles. The molecular weight excluding hydrogens is 336 g/mol. The van der Waals surface area contributed by atoms with E-state index in [-0.39, 0.29) is 12.5 Å². The van der Waals surface area contributed by atoms with Gasteiger partial charge in [-0.3, -0.25) is 25.6 Å². The van der Waals surface area contributed by atoms with Crippen LogP contribution in [0.2, 0.25) is 0 Å². The Balaban J connectivity index is 1.92. The second-order valence-corrected chi connectivity index (χ2v) is 6.67. The molecule has 0 bridgehead atoms. The highest BCUT2D eigenvalue weighted by molar-refractivity contribution is 5.80. The molecule has 2 amide bonds. The fraction of sp³-hybridized carbons (Fsp3) is 0.647. The van der Waals surface area contributed by atoms with Gasteiger partial charge in [0.15, 0.2) is 0 Å². The number of aryl methyl sites for hydroxylation is 1. The zero-order valence-electron chi connectivity index (χ0n) is 15.4. The quantitative estimate of drug-likeness (QED) is 0.193. The Kier molecular flexibility index (Phi) is 7.58. The predicted octanol–water partition coefficient (Wildman–Crippen LogP) is 1.85. The van der Waals surface area contributed by atoms with E-state index < -0.39 is 5.92 Å². The maximum absolute atomic E-state index is 12.4. The number of nitrogens with one attached hydrogen (secondary N) is 3. The number of unbranched alkanes of at least 4 members (excludes halogenated alkanes) is 2. The number of hydrazine groups is 1. The Hall–Kier alpha value is -2.42. The second kappa shape index (κ2) is 9.91. The third-order valence-corrected chi connectivity index (χ3v) is 4.14. The highest BCUT2D eigenvalue weighted by atomic mass is 16.5. The molecule has 0 aromatic carbocycles. The molecule has 0 radical (unpaired) electrons. The number of hydroxylamine groups is 2. The number of hydrogen-bond acceptors (Lipinski definition) is 7. The fourth-order valence-corrected chi connectivity index (χ4v) is 2.57. The van der Waals surface area contributed by atoms with Crippen LogP contribution in [-0.2, 0) is 9.59 Å². The van der Waals surface area contributed by atoms with E-state index in [2.05, 4.69) is 33.1 Å². The van der Waals surface area contributed by atoms with Gasteiger partial charge in [-0.2, -0.15) is 4.98 Å². The van der Waals surface area contributed by atoms with Crippen molar-refractivity contribution in [2.24, 2.45) is 5.92 Å². The lowest BCUT2D eigenvalue weighted by Crippen LogP contribution is -2.40. The second-order valence-electron chi connectivity index (χ2n) is 6.67. The van der Waals surface area contributed by atoms with Gasteiger partial charge in [-0.1, -0.05) is 26.2 Å². The van der Waals surface area contributed by atoms with Crippen LogP contribution in [0.4, 0.5) is 11.8 Å². The van der Waals surface area contributed by atoms with Crippen molar-refractivity contribution in [1.29, 1.82) is 0 Å². The molecule has 26 heavy (non-hydrogen) atoms. The summed E-state index contributed by atoms with van der Waals surface area (Å²) in [6, 6.07) is 2.32. The first-order chi connectivity index (χ1) is 12.5. The van der Waals surface area contributed by atoms with Crippen LogP contribution in [0.25, 0.3) is 0 Å². The van der Waals surface area contributed by atoms with Crippen LogP contribution in [0.5, 0.6) is 0 Å². The average molecular weight is 364 g/mol. The summed E-state index contributed by atoms with van der Waals surface area (Å²) >= 11 is 0. The van der Waals surface area contributed by atoms with Crippen molar-refractivity contribution in [3.8, 4) is 0 Å². The summed E-state index contributed by atoms with van der Waals surface area (Å²) in [6.45, 7) is 3.88. The first-order valence-electron chi connectivity index (χ1n) is 9.10. The summed E-state index contributed by atoms with van der Waals surface area (Å²) in [7, 11) is 0. The predicted molar refractivity (Wildman–Crippen MR) is 97.4 cm³/mol. The van der Waals surface area contributed by atoms with Crippen LogP contribution in [0.15, 0.2) is 6.07 Å². The molecule has 1 aromatic heterocycles. The molecule has 1 aliphatic rings. The van der Waals surface area contributed by atoms with Gasteiger partial charge >= 0.3 is 0 Å². The molecule has 2 rings (SSSR count). The third kappa shape index (κ3) is 6.83. The van der Waals surface area contributed by atoms with Crippen LogP contribution in [0.3, 0.4) is 0 Å². The zero-order chi connectivity index (χ0) is 18.9. The summed E-state index contributed by atoms with van der Waals surface area (Å²) in [5.74, 6) is 0.186. The van der Waals surface area contributed by atoms with Gasteiger partial charge in [-0.25, -0.2) is 10.0 Å². The topological polar surface area (TPSA) is 119 Å². The summed E-state index contributed by atoms with van der Waals surface area (Å²) < 4.78 is 0. The first-order valence-corrected chi connectivity index (χ1v) is 9.10. The molecule has 1 aliphatic carbocycles. The number of carbonyl (C=O) groups is 2. The Labute approximate surface area is 153 Å². The minimum Gasteiger partial charge on any atom is -0.367 e. The summed E-state index contributed by atoms with van der Waals surface area (Å²) in [6.07, 6.45) is 6.00. The maximum atomic E-state index is 12.4. The van der Waals surface area contributed by atoms with Gasteiger partial charge in [0.2, 0.25) is 18.3 Å². The zero-order valence-corrected chi connectivity index (χ0v) is 15.4. The smallest absolute Gasteiger partial charge is 0.243 e. The SMILES string of the molecule is CCCCCC(CN(O)C=O)C(=O)NNc1nc(C)cc(NC2CC2)n1. The molecule has 1 saturated carbocycles. The van der Waals surface area contributed by atoms with Gasteiger partial charge in [0, 0.05) is 17.8 Å². The molecule has 144 valence electrons. The highest BCUT2D eigenvalue weighted by Gasteiger charge is 2.22. The van der Waals surface area contributed by atoms with Gasteiger partial charge < -0.3 is 5.32 Å². The lowest BCUT2D eigenvalue weighted by atomic mass is 10.0. The van der Waals surface area contributed by atoms with E-state index >= 15 is 0 Å². The standard InChI is InChI=1S/C17H28N6O3/c1-3-4-5-6-13(10-23(26)11-24)16(25)21-22-17-18-12(2)9-15(20-17)19-14-7-8-14/h9,11,13-14,26H,3-8,10H2,1-2H3,(H,21,25)(H2,18,19,20,22). The van der Waals surface area contributed by atoms with Gasteiger partial charge in [-0.15, -0.1) is 0 Å². The molecule has 4 N–H and O–H groups in total. The molecule has 9 nitrogen and oxygen atoms in total. The molecule has 1 aromatic rings. The third-order valence-electron chi connectivity index (χ3n) is 4.14. The van der Waals surface area contributed by atoms with Gasteiger partial charge in [-0.05, 0) is 26.2 Å². The molecule has 0 saturated heterocycles. The van der Waals surface area contributed by atoms with E-state index in [1.165, 1.54) is 0 Å². The molecule has 1 atom stereocenters. The minimum absolute atomic E-state index is 0.0517. The number of anilines is 2. The molecule has 1 unspecified atom stereocenters. The van der Waals surface area contributed by atoms with E-state index in [1.807, 2.05) is 13.0 Å². The van der Waals surface area contributed by atoms with E-state index in [1.54, 1.807) is 0 Å². The average Bonchev–Trinajstić information content (AvgIpc) is 3.42. The minimum atomic E-state index is -0.516. The molecule has 1 fully saturated rings.